The Bertz CT molecular complexity index is 609. The first-order valence-corrected chi connectivity index (χ1v) is 8.48. The molecule has 0 saturated heterocycles. The molecule has 0 heterocycles. The topological polar surface area (TPSA) is 62.6 Å². The molecule has 1 aliphatic carbocycles. The third-order valence-electron chi connectivity index (χ3n) is 4.82. The highest BCUT2D eigenvalue weighted by Gasteiger charge is 2.30. The van der Waals surface area contributed by atoms with Crippen molar-refractivity contribution in [1.29, 1.82) is 5.26 Å². The van der Waals surface area contributed by atoms with Crippen LogP contribution in [-0.2, 0) is 11.3 Å². The normalized spacial score (nSPS) is 20.1. The molecule has 130 valence electrons. The number of carbonyl (C=O) groups excluding carboxylic acids is 1. The lowest BCUT2D eigenvalue weighted by molar-refractivity contribution is -0.135. The van der Waals surface area contributed by atoms with Crippen LogP contribution in [0.25, 0.3) is 0 Å². The molecule has 5 heteroatoms. The average Bonchev–Trinajstić information content (AvgIpc) is 2.60. The van der Waals surface area contributed by atoms with Crippen LogP contribution in [0.3, 0.4) is 0 Å². The molecule has 1 saturated carbocycles. The lowest BCUT2D eigenvalue weighted by Crippen LogP contribution is -2.44. The Hall–Kier alpha value is -2.22. The van der Waals surface area contributed by atoms with Crippen LogP contribution < -0.4 is 9.47 Å². The van der Waals surface area contributed by atoms with Crippen molar-refractivity contribution in [3.05, 3.63) is 23.8 Å². The van der Waals surface area contributed by atoms with Crippen molar-refractivity contribution in [2.24, 2.45) is 5.92 Å². The Morgan fingerprint density at radius 2 is 1.96 bits per heavy atom. The van der Waals surface area contributed by atoms with Gasteiger partial charge in [0.25, 0.3) is 0 Å². The van der Waals surface area contributed by atoms with E-state index in [4.69, 9.17) is 14.7 Å². The average molecular weight is 330 g/mol. The predicted molar refractivity (Wildman–Crippen MR) is 91.7 cm³/mol. The van der Waals surface area contributed by atoms with Crippen molar-refractivity contribution in [2.45, 2.75) is 51.6 Å². The molecular formula is C19H26N2O3. The van der Waals surface area contributed by atoms with Gasteiger partial charge in [0.15, 0.2) is 11.5 Å². The van der Waals surface area contributed by atoms with E-state index >= 15 is 0 Å². The molecule has 5 nitrogen and oxygen atoms in total. The minimum Gasteiger partial charge on any atom is -0.493 e. The fraction of sp³-hybridized carbons (Fsp3) is 0.579. The minimum atomic E-state index is -0.0916. The number of hydrogen-bond acceptors (Lipinski definition) is 4. The summed E-state index contributed by atoms with van der Waals surface area (Å²) in [6, 6.07) is 7.89. The summed E-state index contributed by atoms with van der Waals surface area (Å²) in [6.07, 6.45) is 4.42. The summed E-state index contributed by atoms with van der Waals surface area (Å²) in [7, 11) is 3.20. The van der Waals surface area contributed by atoms with Gasteiger partial charge in [-0.05, 0) is 36.5 Å². The number of benzene rings is 1. The van der Waals surface area contributed by atoms with Gasteiger partial charge in [0, 0.05) is 12.6 Å². The Morgan fingerprint density at radius 3 is 2.58 bits per heavy atom. The Labute approximate surface area is 144 Å². The highest BCUT2D eigenvalue weighted by atomic mass is 16.5. The maximum Gasteiger partial charge on any atom is 0.237 e. The van der Waals surface area contributed by atoms with Crippen LogP contribution in [0.5, 0.6) is 11.5 Å². The van der Waals surface area contributed by atoms with Crippen molar-refractivity contribution in [1.82, 2.24) is 4.90 Å². The first-order chi connectivity index (χ1) is 11.6. The number of amides is 1. The lowest BCUT2D eigenvalue weighted by atomic mass is 9.84. The second-order valence-electron chi connectivity index (χ2n) is 6.37. The van der Waals surface area contributed by atoms with E-state index in [1.54, 1.807) is 14.2 Å². The highest BCUT2D eigenvalue weighted by molar-refractivity contribution is 5.78. The molecule has 0 aromatic heterocycles. The monoisotopic (exact) mass is 330 g/mol. The predicted octanol–water partition coefficient (Wildman–Crippen LogP) is 3.52. The van der Waals surface area contributed by atoms with Crippen molar-refractivity contribution < 1.29 is 14.3 Å². The standard InChI is InChI=1S/C19H26N2O3/c1-14-6-4-5-7-16(14)21(19(22)10-11-20)13-15-8-9-17(23-2)18(12-15)24-3/h8-9,12,14,16H,4-7,10,13H2,1-3H3/t14-,16+/m0/s1. The summed E-state index contributed by atoms with van der Waals surface area (Å²) >= 11 is 0. The van der Waals surface area contributed by atoms with Crippen molar-refractivity contribution in [3.8, 4) is 17.6 Å². The quantitative estimate of drug-likeness (QED) is 0.800. The van der Waals surface area contributed by atoms with Gasteiger partial charge in [0.2, 0.25) is 5.91 Å². The molecule has 2 atom stereocenters. The molecule has 1 aliphatic rings. The maximum atomic E-state index is 12.5. The van der Waals surface area contributed by atoms with E-state index in [1.165, 1.54) is 6.42 Å². The Balaban J connectivity index is 2.24. The molecule has 1 aromatic rings. The highest BCUT2D eigenvalue weighted by Crippen LogP contribution is 2.32. The molecule has 1 fully saturated rings. The number of rotatable bonds is 6. The summed E-state index contributed by atoms with van der Waals surface area (Å²) in [6.45, 7) is 2.70. The first-order valence-electron chi connectivity index (χ1n) is 8.48. The molecule has 1 amide bonds. The van der Waals surface area contributed by atoms with Gasteiger partial charge < -0.3 is 14.4 Å². The van der Waals surface area contributed by atoms with Crippen LogP contribution >= 0.6 is 0 Å². The number of carbonyl (C=O) groups is 1. The molecular weight excluding hydrogens is 304 g/mol. The van der Waals surface area contributed by atoms with Gasteiger partial charge in [-0.25, -0.2) is 0 Å². The number of nitrogens with zero attached hydrogens (tertiary/aromatic N) is 2. The van der Waals surface area contributed by atoms with Crippen molar-refractivity contribution in [3.63, 3.8) is 0 Å². The fourth-order valence-electron chi connectivity index (χ4n) is 3.49. The smallest absolute Gasteiger partial charge is 0.237 e. The summed E-state index contributed by atoms with van der Waals surface area (Å²) in [5.41, 5.74) is 0.983. The molecule has 24 heavy (non-hydrogen) atoms. The zero-order valence-electron chi connectivity index (χ0n) is 14.7. The Kier molecular flexibility index (Phi) is 6.48. The number of hydrogen-bond donors (Lipinski definition) is 0. The van der Waals surface area contributed by atoms with Crippen LogP contribution in [0.2, 0.25) is 0 Å². The Morgan fingerprint density at radius 1 is 1.25 bits per heavy atom. The molecule has 0 spiro atoms. The summed E-state index contributed by atoms with van der Waals surface area (Å²) in [5, 5.41) is 8.93. The van der Waals surface area contributed by atoms with Crippen molar-refractivity contribution in [2.75, 3.05) is 14.2 Å². The van der Waals surface area contributed by atoms with Crippen LogP contribution in [0.15, 0.2) is 18.2 Å². The van der Waals surface area contributed by atoms with Crippen molar-refractivity contribution >= 4 is 5.91 Å². The summed E-state index contributed by atoms with van der Waals surface area (Å²) in [4.78, 5) is 14.4. The van der Waals surface area contributed by atoms with E-state index in [9.17, 15) is 4.79 Å². The lowest BCUT2D eigenvalue weighted by Gasteiger charge is -2.38. The molecule has 0 bridgehead atoms. The van der Waals surface area contributed by atoms with Gasteiger partial charge in [-0.15, -0.1) is 0 Å². The molecule has 0 aliphatic heterocycles. The SMILES string of the molecule is COc1ccc(CN(C(=O)CC#N)[C@@H]2CCCC[C@@H]2C)cc1OC. The molecule has 0 unspecified atom stereocenters. The second kappa shape index (κ2) is 8.58. The number of methoxy groups -OCH3 is 2. The van der Waals surface area contributed by atoms with Gasteiger partial charge in [0.1, 0.15) is 6.42 Å². The number of ether oxygens (including phenoxy) is 2. The van der Waals surface area contributed by atoms with Gasteiger partial charge >= 0.3 is 0 Å². The molecule has 0 radical (unpaired) electrons. The van der Waals surface area contributed by atoms with E-state index in [2.05, 4.69) is 6.92 Å². The minimum absolute atomic E-state index is 0.0729. The zero-order valence-corrected chi connectivity index (χ0v) is 14.7. The van der Waals surface area contributed by atoms with Gasteiger partial charge in [-0.3, -0.25) is 4.79 Å². The molecule has 1 aromatic carbocycles. The van der Waals surface area contributed by atoms with Crippen LogP contribution in [0, 0.1) is 17.2 Å². The van der Waals surface area contributed by atoms with E-state index in [1.807, 2.05) is 29.2 Å². The van der Waals surface area contributed by atoms with Gasteiger partial charge in [-0.2, -0.15) is 5.26 Å². The summed E-state index contributed by atoms with van der Waals surface area (Å²) in [5.74, 6) is 1.69. The fourth-order valence-corrected chi connectivity index (χ4v) is 3.49. The van der Waals surface area contributed by atoms with E-state index in [-0.39, 0.29) is 18.4 Å². The van der Waals surface area contributed by atoms with E-state index in [0.717, 1.165) is 24.8 Å². The maximum absolute atomic E-state index is 12.5. The molecule has 0 N–H and O–H groups in total. The van der Waals surface area contributed by atoms with E-state index < -0.39 is 0 Å². The third kappa shape index (κ3) is 4.19. The largest absolute Gasteiger partial charge is 0.493 e. The zero-order chi connectivity index (χ0) is 17.5. The van der Waals surface area contributed by atoms with Crippen LogP contribution in [-0.4, -0.2) is 31.1 Å². The molecule has 2 rings (SSSR count). The van der Waals surface area contributed by atoms with Crippen LogP contribution in [0.4, 0.5) is 0 Å². The number of nitriles is 1. The van der Waals surface area contributed by atoms with E-state index in [0.29, 0.717) is 24.0 Å². The second-order valence-corrected chi connectivity index (χ2v) is 6.37. The van der Waals surface area contributed by atoms with Gasteiger partial charge in [-0.1, -0.05) is 25.8 Å². The third-order valence-corrected chi connectivity index (χ3v) is 4.82. The summed E-state index contributed by atoms with van der Waals surface area (Å²) < 4.78 is 10.6. The van der Waals surface area contributed by atoms with Crippen LogP contribution in [0.1, 0.15) is 44.6 Å². The first kappa shape index (κ1) is 18.1. The van der Waals surface area contributed by atoms with Gasteiger partial charge in [0.05, 0.1) is 20.3 Å².